The summed E-state index contributed by atoms with van der Waals surface area (Å²) in [6.07, 6.45) is 5.17. The Labute approximate surface area is 123 Å². The molecule has 0 atom stereocenters. The zero-order valence-electron chi connectivity index (χ0n) is 11.3. The maximum absolute atomic E-state index is 13.8. The molecule has 3 nitrogen and oxygen atoms in total. The number of para-hydroxylation sites is 1. The van der Waals surface area contributed by atoms with Gasteiger partial charge in [0, 0.05) is 12.1 Å². The van der Waals surface area contributed by atoms with Crippen molar-refractivity contribution >= 4 is 5.69 Å². The van der Waals surface area contributed by atoms with Crippen molar-refractivity contribution in [3.05, 3.63) is 59.4 Å². The molecule has 0 saturated heterocycles. The first kappa shape index (κ1) is 14.4. The molecule has 0 fully saturated rings. The third-order valence-corrected chi connectivity index (χ3v) is 2.85. The predicted octanol–water partition coefficient (Wildman–Crippen LogP) is 3.32. The molecule has 2 aromatic rings. The van der Waals surface area contributed by atoms with E-state index in [1.165, 1.54) is 6.07 Å². The van der Waals surface area contributed by atoms with E-state index in [2.05, 4.69) is 11.2 Å². The summed E-state index contributed by atoms with van der Waals surface area (Å²) in [6.45, 7) is 0.575. The molecule has 4 heteroatoms. The molecular formula is C17H13FN2O. The first-order chi connectivity index (χ1) is 10.2. The smallest absolute Gasteiger partial charge is 0.148 e. The van der Waals surface area contributed by atoms with Crippen LogP contribution in [-0.2, 0) is 6.54 Å². The van der Waals surface area contributed by atoms with E-state index in [1.807, 2.05) is 30.3 Å². The van der Waals surface area contributed by atoms with Gasteiger partial charge in [-0.2, -0.15) is 5.26 Å². The maximum Gasteiger partial charge on any atom is 0.148 e. The zero-order valence-corrected chi connectivity index (χ0v) is 11.3. The van der Waals surface area contributed by atoms with Crippen LogP contribution in [0.1, 0.15) is 11.1 Å². The molecular weight excluding hydrogens is 267 g/mol. The minimum Gasteiger partial charge on any atom is -0.481 e. The number of hydrogen-bond acceptors (Lipinski definition) is 3. The first-order valence-electron chi connectivity index (χ1n) is 6.32. The van der Waals surface area contributed by atoms with Crippen molar-refractivity contribution < 1.29 is 9.13 Å². The number of halogens is 1. The van der Waals surface area contributed by atoms with Gasteiger partial charge in [0.2, 0.25) is 0 Å². The summed E-state index contributed by atoms with van der Waals surface area (Å²) in [6, 6.07) is 13.6. The van der Waals surface area contributed by atoms with Gasteiger partial charge in [-0.05, 0) is 24.3 Å². The Bertz CT molecular complexity index is 713. The average Bonchev–Trinajstić information content (AvgIpc) is 2.52. The predicted molar refractivity (Wildman–Crippen MR) is 79.2 cm³/mol. The topological polar surface area (TPSA) is 45.0 Å². The minimum absolute atomic E-state index is 0.183. The fraction of sp³-hybridized carbons (Fsp3) is 0.118. The summed E-state index contributed by atoms with van der Waals surface area (Å²) in [7, 11) is 0. The molecule has 21 heavy (non-hydrogen) atoms. The van der Waals surface area contributed by atoms with Crippen LogP contribution in [0.4, 0.5) is 10.1 Å². The van der Waals surface area contributed by atoms with E-state index in [-0.39, 0.29) is 12.2 Å². The van der Waals surface area contributed by atoms with E-state index in [9.17, 15) is 4.39 Å². The van der Waals surface area contributed by atoms with E-state index in [4.69, 9.17) is 16.4 Å². The Morgan fingerprint density at radius 1 is 1.24 bits per heavy atom. The quantitative estimate of drug-likeness (QED) is 0.854. The number of nitrogens with zero attached hydrogens (tertiary/aromatic N) is 1. The van der Waals surface area contributed by atoms with Gasteiger partial charge in [0.1, 0.15) is 18.2 Å². The number of nitrogens with one attached hydrogen (secondary N) is 1. The second-order valence-electron chi connectivity index (χ2n) is 4.26. The van der Waals surface area contributed by atoms with E-state index >= 15 is 0 Å². The van der Waals surface area contributed by atoms with Gasteiger partial charge in [-0.3, -0.25) is 0 Å². The van der Waals surface area contributed by atoms with E-state index < -0.39 is 5.82 Å². The summed E-state index contributed by atoms with van der Waals surface area (Å²) >= 11 is 0. The number of nitriles is 1. The Kier molecular flexibility index (Phi) is 4.79. The number of anilines is 1. The summed E-state index contributed by atoms with van der Waals surface area (Å²) < 4.78 is 19.2. The largest absolute Gasteiger partial charge is 0.481 e. The van der Waals surface area contributed by atoms with Gasteiger partial charge in [0.15, 0.2) is 0 Å². The SMILES string of the molecule is C#CCOc1ccccc1CNc1ccc(C#N)cc1F. The van der Waals surface area contributed by atoms with Crippen molar-refractivity contribution in [2.24, 2.45) is 0 Å². The molecule has 0 unspecified atom stereocenters. The molecule has 104 valence electrons. The van der Waals surface area contributed by atoms with Crippen molar-refractivity contribution in [3.63, 3.8) is 0 Å². The van der Waals surface area contributed by atoms with Gasteiger partial charge in [0.25, 0.3) is 0 Å². The summed E-state index contributed by atoms with van der Waals surface area (Å²) in [5.41, 5.74) is 1.49. The van der Waals surface area contributed by atoms with Crippen LogP contribution in [0.3, 0.4) is 0 Å². The number of rotatable bonds is 5. The molecule has 2 rings (SSSR count). The molecule has 1 N–H and O–H groups in total. The van der Waals surface area contributed by atoms with E-state index in [0.29, 0.717) is 18.0 Å². The summed E-state index contributed by atoms with van der Waals surface area (Å²) in [5, 5.41) is 11.7. The van der Waals surface area contributed by atoms with Crippen LogP contribution < -0.4 is 10.1 Å². The molecule has 0 bridgehead atoms. The standard InChI is InChI=1S/C17H13FN2O/c1-2-9-21-17-6-4-3-5-14(17)12-20-16-8-7-13(11-19)10-15(16)18/h1,3-8,10,20H,9,12H2. The number of hydrogen-bond donors (Lipinski definition) is 1. The molecule has 0 spiro atoms. The van der Waals surface area contributed by atoms with E-state index in [1.54, 1.807) is 12.1 Å². The van der Waals surface area contributed by atoms with Gasteiger partial charge >= 0.3 is 0 Å². The Morgan fingerprint density at radius 2 is 2.05 bits per heavy atom. The normalized spacial score (nSPS) is 9.48. The zero-order chi connectivity index (χ0) is 15.1. The van der Waals surface area contributed by atoms with Crippen LogP contribution in [0.2, 0.25) is 0 Å². The van der Waals surface area contributed by atoms with Crippen molar-refractivity contribution in [1.82, 2.24) is 0 Å². The van der Waals surface area contributed by atoms with E-state index in [0.717, 1.165) is 5.56 Å². The number of terminal acetylenes is 1. The highest BCUT2D eigenvalue weighted by Crippen LogP contribution is 2.21. The second-order valence-corrected chi connectivity index (χ2v) is 4.26. The Morgan fingerprint density at radius 3 is 2.76 bits per heavy atom. The van der Waals surface area contributed by atoms with Crippen molar-refractivity contribution in [2.45, 2.75) is 6.54 Å². The lowest BCUT2D eigenvalue weighted by Gasteiger charge is -2.12. The monoisotopic (exact) mass is 280 g/mol. The highest BCUT2D eigenvalue weighted by atomic mass is 19.1. The lowest BCUT2D eigenvalue weighted by atomic mass is 10.1. The minimum atomic E-state index is -0.462. The molecule has 0 saturated carbocycles. The molecule has 0 radical (unpaired) electrons. The van der Waals surface area contributed by atoms with Gasteiger partial charge in [-0.15, -0.1) is 6.42 Å². The highest BCUT2D eigenvalue weighted by Gasteiger charge is 2.06. The van der Waals surface area contributed by atoms with Crippen molar-refractivity contribution in [3.8, 4) is 24.2 Å². The summed E-state index contributed by atoms with van der Waals surface area (Å²) in [5.74, 6) is 2.61. The number of benzene rings is 2. The molecule has 0 aromatic heterocycles. The average molecular weight is 280 g/mol. The Hall–Kier alpha value is -2.98. The maximum atomic E-state index is 13.8. The van der Waals surface area contributed by atoms with Crippen molar-refractivity contribution in [2.75, 3.05) is 11.9 Å². The lowest BCUT2D eigenvalue weighted by Crippen LogP contribution is -2.04. The molecule has 0 aliphatic rings. The third kappa shape index (κ3) is 3.75. The fourth-order valence-electron chi connectivity index (χ4n) is 1.83. The number of ether oxygens (including phenoxy) is 1. The van der Waals surface area contributed by atoms with Gasteiger partial charge in [-0.1, -0.05) is 24.1 Å². The van der Waals surface area contributed by atoms with Crippen LogP contribution in [0.25, 0.3) is 0 Å². The molecule has 2 aromatic carbocycles. The van der Waals surface area contributed by atoms with Crippen LogP contribution in [0.5, 0.6) is 5.75 Å². The Balaban J connectivity index is 2.10. The highest BCUT2D eigenvalue weighted by molar-refractivity contribution is 5.50. The fourth-order valence-corrected chi connectivity index (χ4v) is 1.83. The van der Waals surface area contributed by atoms with Gasteiger partial charge < -0.3 is 10.1 Å². The molecule has 0 aliphatic carbocycles. The van der Waals surface area contributed by atoms with Crippen LogP contribution in [0.15, 0.2) is 42.5 Å². The van der Waals surface area contributed by atoms with Crippen molar-refractivity contribution in [1.29, 1.82) is 5.26 Å². The first-order valence-corrected chi connectivity index (χ1v) is 6.32. The third-order valence-electron chi connectivity index (χ3n) is 2.85. The second kappa shape index (κ2) is 6.98. The lowest BCUT2D eigenvalue weighted by molar-refractivity contribution is 0.366. The molecule has 0 aliphatic heterocycles. The van der Waals surface area contributed by atoms with Gasteiger partial charge in [0.05, 0.1) is 17.3 Å². The summed E-state index contributed by atoms with van der Waals surface area (Å²) in [4.78, 5) is 0. The van der Waals surface area contributed by atoms with Gasteiger partial charge in [-0.25, -0.2) is 4.39 Å². The van der Waals surface area contributed by atoms with Crippen LogP contribution in [0, 0.1) is 29.5 Å². The molecule has 0 heterocycles. The molecule has 0 amide bonds. The van der Waals surface area contributed by atoms with Crippen LogP contribution in [-0.4, -0.2) is 6.61 Å². The van der Waals surface area contributed by atoms with Crippen LogP contribution >= 0.6 is 0 Å².